The number of aliphatic hydroxyl groups is 1. The number of carbonyl (C=O) groups is 3. The van der Waals surface area contributed by atoms with Crippen molar-refractivity contribution in [3.05, 3.63) is 120 Å². The van der Waals surface area contributed by atoms with Gasteiger partial charge in [-0.15, -0.1) is 0 Å². The number of hydrogen-bond acceptors (Lipinski definition) is 5. The number of benzene rings is 3. The molecule has 0 spiro atoms. The Bertz CT molecular complexity index is 1280. The molecular formula is C34H38N2O5. The topological polar surface area (TPSA) is 105 Å². The molecule has 1 heterocycles. The molecule has 1 aliphatic rings. The molecule has 7 nitrogen and oxygen atoms in total. The summed E-state index contributed by atoms with van der Waals surface area (Å²) in [6.45, 7) is -0.214. The van der Waals surface area contributed by atoms with Crippen LogP contribution in [0.4, 0.5) is 0 Å². The largest absolute Gasteiger partial charge is 0.463 e. The van der Waals surface area contributed by atoms with E-state index in [9.17, 15) is 19.5 Å². The fraction of sp³-hybridized carbons (Fsp3) is 0.324. The molecule has 7 heteroatoms. The summed E-state index contributed by atoms with van der Waals surface area (Å²) in [6, 6.07) is 27.8. The summed E-state index contributed by atoms with van der Waals surface area (Å²) in [7, 11) is 0. The fourth-order valence-corrected chi connectivity index (χ4v) is 5.02. The Hall–Kier alpha value is -4.23. The molecule has 3 aromatic carbocycles. The lowest BCUT2D eigenvalue weighted by Crippen LogP contribution is -2.42. The van der Waals surface area contributed by atoms with Gasteiger partial charge < -0.3 is 20.5 Å². The lowest BCUT2D eigenvalue weighted by Gasteiger charge is -2.25. The Morgan fingerprint density at radius 3 is 2.07 bits per heavy atom. The minimum atomic E-state index is -0.628. The van der Waals surface area contributed by atoms with Crippen LogP contribution < -0.4 is 10.6 Å². The third-order valence-electron chi connectivity index (χ3n) is 7.29. The van der Waals surface area contributed by atoms with E-state index in [1.807, 2.05) is 103 Å². The van der Waals surface area contributed by atoms with Crippen molar-refractivity contribution in [1.82, 2.24) is 10.6 Å². The van der Waals surface area contributed by atoms with E-state index in [0.717, 1.165) is 16.7 Å². The Morgan fingerprint density at radius 2 is 1.44 bits per heavy atom. The van der Waals surface area contributed by atoms with Crippen LogP contribution in [0.3, 0.4) is 0 Å². The fourth-order valence-electron chi connectivity index (χ4n) is 5.02. The number of rotatable bonds is 9. The highest BCUT2D eigenvalue weighted by atomic mass is 16.5. The third-order valence-corrected chi connectivity index (χ3v) is 7.29. The molecule has 0 fully saturated rings. The second-order valence-corrected chi connectivity index (χ2v) is 10.5. The number of ether oxygens (including phenoxy) is 1. The van der Waals surface area contributed by atoms with Gasteiger partial charge in [0.15, 0.2) is 0 Å². The molecule has 214 valence electrons. The number of cyclic esters (lactones) is 1. The van der Waals surface area contributed by atoms with Crippen molar-refractivity contribution in [3.8, 4) is 0 Å². The zero-order valence-electron chi connectivity index (χ0n) is 23.2. The highest BCUT2D eigenvalue weighted by Gasteiger charge is 2.28. The number of aliphatic hydroxyl groups excluding tert-OH is 1. The van der Waals surface area contributed by atoms with Crippen LogP contribution in [0.15, 0.2) is 103 Å². The summed E-state index contributed by atoms with van der Waals surface area (Å²) in [6.07, 6.45) is 5.58. The lowest BCUT2D eigenvalue weighted by molar-refractivity contribution is -0.150. The Kier molecular flexibility index (Phi) is 11.3. The van der Waals surface area contributed by atoms with E-state index in [1.165, 1.54) is 0 Å². The average Bonchev–Trinajstić information content (AvgIpc) is 3.00. The number of allylic oxidation sites excluding steroid dienone is 2. The molecule has 0 aliphatic carbocycles. The van der Waals surface area contributed by atoms with Crippen molar-refractivity contribution in [2.24, 2.45) is 11.8 Å². The highest BCUT2D eigenvalue weighted by molar-refractivity contribution is 5.86. The summed E-state index contributed by atoms with van der Waals surface area (Å²) < 4.78 is 5.76. The van der Waals surface area contributed by atoms with Crippen molar-refractivity contribution in [2.75, 3.05) is 13.2 Å². The molecule has 0 aromatic heterocycles. The standard InChI is InChI=1S/C34H38N2O5/c37-23-30(21-26-14-6-2-7-15-26)35-32(38)22-28-18-10-11-19-29(20-25-12-4-1-5-13-25)34(40)41-24-31(36-33(28)39)27-16-8-3-9-17-27/h1-17,28-31,37H,18-24H2,(H,35,38)(H,36,39)/t28-,29+,30-,31+/m1/s1. The molecule has 4 rings (SSSR count). The minimum absolute atomic E-state index is 0.00777. The van der Waals surface area contributed by atoms with E-state index < -0.39 is 18.0 Å². The quantitative estimate of drug-likeness (QED) is 0.270. The van der Waals surface area contributed by atoms with E-state index in [-0.39, 0.29) is 43.3 Å². The first-order valence-electron chi connectivity index (χ1n) is 14.2. The summed E-state index contributed by atoms with van der Waals surface area (Å²) >= 11 is 0. The average molecular weight is 555 g/mol. The first kappa shape index (κ1) is 29.7. The van der Waals surface area contributed by atoms with Crippen molar-refractivity contribution in [2.45, 2.75) is 44.2 Å². The van der Waals surface area contributed by atoms with Gasteiger partial charge in [0, 0.05) is 6.42 Å². The SMILES string of the molecule is O=C(C[C@H]1CC=CC[C@@H](Cc2ccccc2)C(=O)OC[C@@H](c2ccccc2)NC1=O)N[C@@H](CO)Cc1ccccc1. The molecule has 3 aromatic rings. The maximum absolute atomic E-state index is 13.5. The number of nitrogens with one attached hydrogen (secondary N) is 2. The second kappa shape index (κ2) is 15.5. The Labute approximate surface area is 241 Å². The molecule has 0 unspecified atom stereocenters. The van der Waals surface area contributed by atoms with Gasteiger partial charge in [-0.1, -0.05) is 103 Å². The first-order valence-corrected chi connectivity index (χ1v) is 14.2. The van der Waals surface area contributed by atoms with E-state index >= 15 is 0 Å². The predicted octanol–water partition coefficient (Wildman–Crippen LogP) is 4.32. The van der Waals surface area contributed by atoms with Crippen molar-refractivity contribution < 1.29 is 24.2 Å². The van der Waals surface area contributed by atoms with Gasteiger partial charge in [0.05, 0.1) is 30.5 Å². The van der Waals surface area contributed by atoms with E-state index in [0.29, 0.717) is 25.7 Å². The van der Waals surface area contributed by atoms with E-state index in [4.69, 9.17) is 4.74 Å². The lowest BCUT2D eigenvalue weighted by atomic mass is 9.94. The Balaban J connectivity index is 1.49. The monoisotopic (exact) mass is 554 g/mol. The molecule has 0 saturated heterocycles. The van der Waals surface area contributed by atoms with Gasteiger partial charge in [0.2, 0.25) is 11.8 Å². The molecule has 0 bridgehead atoms. The molecule has 0 radical (unpaired) electrons. The van der Waals surface area contributed by atoms with Crippen LogP contribution in [-0.4, -0.2) is 42.1 Å². The van der Waals surface area contributed by atoms with Gasteiger partial charge in [-0.25, -0.2) is 0 Å². The number of amides is 2. The maximum Gasteiger partial charge on any atom is 0.309 e. The first-order chi connectivity index (χ1) is 20.0. The highest BCUT2D eigenvalue weighted by Crippen LogP contribution is 2.22. The van der Waals surface area contributed by atoms with Gasteiger partial charge in [0.1, 0.15) is 6.61 Å². The van der Waals surface area contributed by atoms with E-state index in [2.05, 4.69) is 10.6 Å². The maximum atomic E-state index is 13.5. The number of esters is 1. The molecule has 3 N–H and O–H groups in total. The molecule has 4 atom stereocenters. The van der Waals surface area contributed by atoms with Crippen LogP contribution in [-0.2, 0) is 32.0 Å². The van der Waals surface area contributed by atoms with Gasteiger partial charge in [-0.05, 0) is 42.4 Å². The smallest absolute Gasteiger partial charge is 0.309 e. The van der Waals surface area contributed by atoms with Crippen molar-refractivity contribution in [1.29, 1.82) is 0 Å². The summed E-state index contributed by atoms with van der Waals surface area (Å²) in [5.74, 6) is -1.90. The molecule has 0 saturated carbocycles. The Morgan fingerprint density at radius 1 is 0.854 bits per heavy atom. The van der Waals surface area contributed by atoms with Crippen LogP contribution in [0.25, 0.3) is 0 Å². The van der Waals surface area contributed by atoms with Gasteiger partial charge in [0.25, 0.3) is 0 Å². The van der Waals surface area contributed by atoms with Gasteiger partial charge in [-0.2, -0.15) is 0 Å². The molecule has 2 amide bonds. The van der Waals surface area contributed by atoms with Gasteiger partial charge >= 0.3 is 5.97 Å². The van der Waals surface area contributed by atoms with Crippen molar-refractivity contribution >= 4 is 17.8 Å². The van der Waals surface area contributed by atoms with Crippen LogP contribution in [0, 0.1) is 11.8 Å². The minimum Gasteiger partial charge on any atom is -0.463 e. The number of hydrogen-bond donors (Lipinski definition) is 3. The normalized spacial score (nSPS) is 20.6. The number of carbonyl (C=O) groups excluding carboxylic acids is 3. The summed E-state index contributed by atoms with van der Waals surface area (Å²) in [4.78, 5) is 39.6. The van der Waals surface area contributed by atoms with E-state index in [1.54, 1.807) is 0 Å². The van der Waals surface area contributed by atoms with Crippen LogP contribution >= 0.6 is 0 Å². The van der Waals surface area contributed by atoms with Gasteiger partial charge in [-0.3, -0.25) is 14.4 Å². The summed E-state index contributed by atoms with van der Waals surface area (Å²) in [5.41, 5.74) is 2.86. The molecular weight excluding hydrogens is 516 g/mol. The molecule has 1 aliphatic heterocycles. The molecule has 41 heavy (non-hydrogen) atoms. The van der Waals surface area contributed by atoms with Crippen LogP contribution in [0.1, 0.15) is 42.0 Å². The van der Waals surface area contributed by atoms with Crippen LogP contribution in [0.2, 0.25) is 0 Å². The summed E-state index contributed by atoms with van der Waals surface area (Å²) in [5, 5.41) is 15.8. The zero-order chi connectivity index (χ0) is 28.9. The predicted molar refractivity (Wildman–Crippen MR) is 158 cm³/mol. The van der Waals surface area contributed by atoms with Crippen molar-refractivity contribution in [3.63, 3.8) is 0 Å². The second-order valence-electron chi connectivity index (χ2n) is 10.5. The zero-order valence-corrected chi connectivity index (χ0v) is 23.2. The van der Waals surface area contributed by atoms with Crippen LogP contribution in [0.5, 0.6) is 0 Å². The third kappa shape index (κ3) is 9.43.